The molecule has 0 saturated heterocycles. The van der Waals surface area contributed by atoms with Crippen LogP contribution in [0.15, 0.2) is 6.07 Å². The van der Waals surface area contributed by atoms with Crippen molar-refractivity contribution in [3.8, 4) is 0 Å². The molecule has 12 heavy (non-hydrogen) atoms. The van der Waals surface area contributed by atoms with Crippen molar-refractivity contribution in [1.29, 1.82) is 0 Å². The minimum atomic E-state index is -1.02. The van der Waals surface area contributed by atoms with E-state index in [9.17, 15) is 4.79 Å². The van der Waals surface area contributed by atoms with E-state index in [1.165, 1.54) is 0 Å². The van der Waals surface area contributed by atoms with Crippen molar-refractivity contribution in [2.45, 2.75) is 19.2 Å². The Bertz CT molecular complexity index is 306. The maximum absolute atomic E-state index is 10.5. The maximum Gasteiger partial charge on any atom is 0.326 e. The van der Waals surface area contributed by atoms with Crippen molar-refractivity contribution in [3.05, 3.63) is 23.0 Å². The van der Waals surface area contributed by atoms with Crippen LogP contribution in [-0.2, 0) is 4.79 Å². The Balaban J connectivity index is 3.02. The first kappa shape index (κ1) is 9.13. The van der Waals surface area contributed by atoms with Crippen LogP contribution in [0.4, 0.5) is 0 Å². The number of aromatic amines is 1. The quantitative estimate of drug-likeness (QED) is 0.696. The summed E-state index contributed by atoms with van der Waals surface area (Å²) in [5.74, 6) is -1.02. The highest BCUT2D eigenvalue weighted by molar-refractivity contribution is 6.29. The monoisotopic (exact) mass is 187 g/mol. The van der Waals surface area contributed by atoms with Crippen molar-refractivity contribution in [3.63, 3.8) is 0 Å². The Morgan fingerprint density at radius 2 is 2.25 bits per heavy atom. The van der Waals surface area contributed by atoms with E-state index in [4.69, 9.17) is 16.7 Å². The molecule has 1 atom stereocenters. The van der Waals surface area contributed by atoms with E-state index < -0.39 is 11.3 Å². The molecule has 0 aliphatic carbocycles. The number of nitrogens with one attached hydrogen (secondary N) is 1. The minimum absolute atomic E-state index is 0.640. The number of alkyl halides is 1. The van der Waals surface area contributed by atoms with Gasteiger partial charge in [0, 0.05) is 17.0 Å². The summed E-state index contributed by atoms with van der Waals surface area (Å²) in [5, 5.41) is 7.67. The van der Waals surface area contributed by atoms with Gasteiger partial charge in [-0.25, -0.2) is 0 Å². The number of hydrogen-bond donors (Lipinski definition) is 2. The van der Waals surface area contributed by atoms with E-state index in [-0.39, 0.29) is 0 Å². The zero-order chi connectivity index (χ0) is 9.30. The summed E-state index contributed by atoms with van der Waals surface area (Å²) in [7, 11) is 0. The minimum Gasteiger partial charge on any atom is -0.480 e. The molecule has 2 N–H and O–H groups in total. The molecule has 0 bridgehead atoms. The molecular weight excluding hydrogens is 178 g/mol. The molecule has 1 heterocycles. The van der Waals surface area contributed by atoms with Gasteiger partial charge >= 0.3 is 5.97 Å². The van der Waals surface area contributed by atoms with Gasteiger partial charge in [0.15, 0.2) is 5.38 Å². The molecule has 0 amide bonds. The summed E-state index contributed by atoms with van der Waals surface area (Å²) in [5.41, 5.74) is 2.38. The van der Waals surface area contributed by atoms with E-state index in [0.29, 0.717) is 5.56 Å². The summed E-state index contributed by atoms with van der Waals surface area (Å²) < 4.78 is 0. The van der Waals surface area contributed by atoms with Gasteiger partial charge < -0.3 is 10.1 Å². The number of carbonyl (C=O) groups is 1. The molecule has 0 aliphatic heterocycles. The van der Waals surface area contributed by atoms with Crippen LogP contribution in [-0.4, -0.2) is 16.1 Å². The van der Waals surface area contributed by atoms with Gasteiger partial charge in [-0.15, -0.1) is 11.6 Å². The van der Waals surface area contributed by atoms with Crippen molar-refractivity contribution in [2.24, 2.45) is 0 Å². The summed E-state index contributed by atoms with van der Waals surface area (Å²) in [6.07, 6.45) is 0. The van der Waals surface area contributed by atoms with Crippen LogP contribution < -0.4 is 0 Å². The molecule has 3 nitrogen and oxygen atoms in total. The van der Waals surface area contributed by atoms with E-state index in [2.05, 4.69) is 4.98 Å². The van der Waals surface area contributed by atoms with Crippen molar-refractivity contribution in [2.75, 3.05) is 0 Å². The molecule has 0 saturated carbocycles. The van der Waals surface area contributed by atoms with E-state index in [1.807, 2.05) is 6.92 Å². The average Bonchev–Trinajstić information content (AvgIpc) is 2.28. The lowest BCUT2D eigenvalue weighted by Gasteiger charge is -2.01. The average molecular weight is 188 g/mol. The number of carboxylic acids is 1. The maximum atomic E-state index is 10.5. The molecule has 66 valence electrons. The third-order valence-electron chi connectivity index (χ3n) is 1.68. The Morgan fingerprint density at radius 1 is 1.67 bits per heavy atom. The zero-order valence-corrected chi connectivity index (χ0v) is 7.64. The molecule has 0 fully saturated rings. The van der Waals surface area contributed by atoms with Gasteiger partial charge in [-0.1, -0.05) is 0 Å². The molecule has 0 aromatic carbocycles. The number of H-pyrrole nitrogens is 1. The molecule has 4 heteroatoms. The number of hydrogen-bond acceptors (Lipinski definition) is 1. The fourth-order valence-corrected chi connectivity index (χ4v) is 1.37. The predicted octanol–water partition coefficient (Wildman–Crippen LogP) is 2.00. The molecule has 0 spiro atoms. The van der Waals surface area contributed by atoms with E-state index in [1.54, 1.807) is 13.0 Å². The lowest BCUT2D eigenvalue weighted by Crippen LogP contribution is -2.04. The Morgan fingerprint density at radius 3 is 2.58 bits per heavy atom. The smallest absolute Gasteiger partial charge is 0.326 e. The van der Waals surface area contributed by atoms with Gasteiger partial charge in [-0.3, -0.25) is 4.79 Å². The summed E-state index contributed by atoms with van der Waals surface area (Å²) in [4.78, 5) is 13.5. The molecular formula is C8H10ClNO2. The van der Waals surface area contributed by atoms with Gasteiger partial charge in [-0.05, 0) is 19.9 Å². The van der Waals surface area contributed by atoms with Crippen molar-refractivity contribution >= 4 is 17.6 Å². The second-order valence-corrected chi connectivity index (χ2v) is 3.17. The van der Waals surface area contributed by atoms with Crippen LogP contribution in [0.1, 0.15) is 22.3 Å². The van der Waals surface area contributed by atoms with Crippen LogP contribution in [0.25, 0.3) is 0 Å². The van der Waals surface area contributed by atoms with Crippen LogP contribution in [0.2, 0.25) is 0 Å². The first-order valence-electron chi connectivity index (χ1n) is 3.55. The fourth-order valence-electron chi connectivity index (χ4n) is 1.14. The van der Waals surface area contributed by atoms with Crippen molar-refractivity contribution < 1.29 is 9.90 Å². The number of halogens is 1. The zero-order valence-electron chi connectivity index (χ0n) is 6.89. The van der Waals surface area contributed by atoms with E-state index in [0.717, 1.165) is 11.4 Å². The normalized spacial score (nSPS) is 12.9. The molecule has 0 aliphatic rings. The SMILES string of the molecule is Cc1cc(C(Cl)C(=O)O)c(C)[nH]1. The summed E-state index contributed by atoms with van der Waals surface area (Å²) in [6.45, 7) is 3.67. The largest absolute Gasteiger partial charge is 0.480 e. The fraction of sp³-hybridized carbons (Fsp3) is 0.375. The Hall–Kier alpha value is -0.960. The van der Waals surface area contributed by atoms with Gasteiger partial charge in [0.2, 0.25) is 0 Å². The van der Waals surface area contributed by atoms with Crippen LogP contribution in [0.3, 0.4) is 0 Å². The van der Waals surface area contributed by atoms with Crippen LogP contribution in [0.5, 0.6) is 0 Å². The summed E-state index contributed by atoms with van der Waals surface area (Å²) in [6, 6.07) is 1.75. The third-order valence-corrected chi connectivity index (χ3v) is 2.10. The number of carboxylic acid groups (broad SMARTS) is 1. The van der Waals surface area contributed by atoms with Crippen molar-refractivity contribution in [1.82, 2.24) is 4.98 Å². The lowest BCUT2D eigenvalue weighted by atomic mass is 10.2. The molecule has 1 rings (SSSR count). The Kier molecular flexibility index (Phi) is 2.43. The van der Waals surface area contributed by atoms with Crippen LogP contribution >= 0.6 is 11.6 Å². The molecule has 0 radical (unpaired) electrons. The first-order valence-corrected chi connectivity index (χ1v) is 3.99. The Labute approximate surface area is 75.4 Å². The second-order valence-electron chi connectivity index (χ2n) is 2.73. The number of aliphatic carboxylic acids is 1. The summed E-state index contributed by atoms with van der Waals surface area (Å²) >= 11 is 5.64. The highest BCUT2D eigenvalue weighted by atomic mass is 35.5. The predicted molar refractivity (Wildman–Crippen MR) is 46.5 cm³/mol. The van der Waals surface area contributed by atoms with E-state index >= 15 is 0 Å². The van der Waals surface area contributed by atoms with Gasteiger partial charge in [0.25, 0.3) is 0 Å². The third kappa shape index (κ3) is 1.61. The standard InChI is InChI=1S/C8H10ClNO2/c1-4-3-6(5(2)10-4)7(9)8(11)12/h3,7,10H,1-2H3,(H,11,12). The van der Waals surface area contributed by atoms with Gasteiger partial charge in [-0.2, -0.15) is 0 Å². The molecule has 1 aromatic heterocycles. The second kappa shape index (κ2) is 3.19. The molecule has 1 unspecified atom stereocenters. The highest BCUT2D eigenvalue weighted by Gasteiger charge is 2.19. The van der Waals surface area contributed by atoms with Gasteiger partial charge in [0.1, 0.15) is 0 Å². The topological polar surface area (TPSA) is 53.1 Å². The lowest BCUT2D eigenvalue weighted by molar-refractivity contribution is -0.136. The van der Waals surface area contributed by atoms with Gasteiger partial charge in [0.05, 0.1) is 0 Å². The number of aryl methyl sites for hydroxylation is 2. The molecule has 1 aromatic rings. The number of rotatable bonds is 2. The first-order chi connectivity index (χ1) is 5.52. The van der Waals surface area contributed by atoms with Crippen LogP contribution in [0, 0.1) is 13.8 Å². The number of aromatic nitrogens is 1. The highest BCUT2D eigenvalue weighted by Crippen LogP contribution is 2.24.